The van der Waals surface area contributed by atoms with Crippen LogP contribution in [0.1, 0.15) is 0 Å². The van der Waals surface area contributed by atoms with Crippen LogP contribution >= 0.6 is 0 Å². The number of para-hydroxylation sites is 2. The molecule has 0 spiro atoms. The molecule has 0 radical (unpaired) electrons. The van der Waals surface area contributed by atoms with Gasteiger partial charge in [0.15, 0.2) is 0 Å². The van der Waals surface area contributed by atoms with Gasteiger partial charge in [-0.15, -0.1) is 0 Å². The Kier molecular flexibility index (Phi) is 7.83. The van der Waals surface area contributed by atoms with E-state index in [1.165, 1.54) is 0 Å². The van der Waals surface area contributed by atoms with Crippen molar-refractivity contribution < 1.29 is 56.7 Å². The van der Waals surface area contributed by atoms with Gasteiger partial charge >= 0.3 is 31.3 Å². The van der Waals surface area contributed by atoms with Crippen molar-refractivity contribution >= 4 is 42.2 Å². The first-order valence-electron chi connectivity index (χ1n) is 7.34. The Morgan fingerprint density at radius 2 is 0.903 bits per heavy atom. The first-order chi connectivity index (χ1) is 13.9. The van der Waals surface area contributed by atoms with Crippen LogP contribution in [0.4, 0.5) is 26.3 Å². The third kappa shape index (κ3) is 7.20. The second-order valence-electron chi connectivity index (χ2n) is 5.27. The quantitative estimate of drug-likeness (QED) is 0.208. The molecule has 31 heavy (non-hydrogen) atoms. The molecular weight excluding hydrogens is 486 g/mol. The van der Waals surface area contributed by atoms with Crippen molar-refractivity contribution in [1.82, 2.24) is 0 Å². The van der Waals surface area contributed by atoms with E-state index in [2.05, 4.69) is 0 Å². The van der Waals surface area contributed by atoms with Crippen molar-refractivity contribution in [2.75, 3.05) is 0 Å². The summed E-state index contributed by atoms with van der Waals surface area (Å²) in [5, 5.41) is 1.27. The van der Waals surface area contributed by atoms with Gasteiger partial charge in [0.25, 0.3) is 0 Å². The average Bonchev–Trinajstić information content (AvgIpc) is 2.60. The zero-order chi connectivity index (χ0) is 24.3. The highest BCUT2D eigenvalue weighted by atomic mass is 32.2. The number of fused-ring (bicyclic) bond motifs is 2. The van der Waals surface area contributed by atoms with Crippen molar-refractivity contribution in [2.24, 2.45) is 0 Å². The molecule has 0 fully saturated rings. The van der Waals surface area contributed by atoms with Crippen LogP contribution in [0.3, 0.4) is 0 Å². The standard InChI is InChI=1S/C13H8O2.2CHF3O3S/c14-13-9-5-1-3-7-11(9)15-12-8-4-2-6-10(12)13;2*2-1(3,4)8(5,6)7/h1-8H;2*(H,5,6,7). The summed E-state index contributed by atoms with van der Waals surface area (Å²) in [7, 11) is -11.7. The molecule has 16 heteroatoms. The molecule has 0 saturated heterocycles. The SMILES string of the molecule is O=S(=O)(O)C(F)(F)F.O=S(=O)(O)C(F)(F)F.O=c1c2ccccc2oc2ccccc12. The molecule has 172 valence electrons. The van der Waals surface area contributed by atoms with E-state index in [1.54, 1.807) is 12.1 Å². The molecule has 8 nitrogen and oxygen atoms in total. The van der Waals surface area contributed by atoms with Crippen LogP contribution in [0.2, 0.25) is 0 Å². The van der Waals surface area contributed by atoms with Crippen LogP contribution in [0.5, 0.6) is 0 Å². The normalized spacial score (nSPS) is 12.5. The Morgan fingerprint density at radius 3 is 1.16 bits per heavy atom. The summed E-state index contributed by atoms with van der Waals surface area (Å²) in [4.78, 5) is 12.0. The topological polar surface area (TPSA) is 139 Å². The van der Waals surface area contributed by atoms with Crippen LogP contribution < -0.4 is 5.43 Å². The lowest BCUT2D eigenvalue weighted by atomic mass is 10.1. The first-order valence-corrected chi connectivity index (χ1v) is 10.2. The van der Waals surface area contributed by atoms with E-state index in [9.17, 15) is 31.1 Å². The average molecular weight is 496 g/mol. The van der Waals surface area contributed by atoms with E-state index in [0.717, 1.165) is 0 Å². The number of alkyl halides is 6. The molecule has 1 aromatic heterocycles. The second kappa shape index (κ2) is 9.21. The number of halogens is 6. The van der Waals surface area contributed by atoms with Crippen molar-refractivity contribution in [2.45, 2.75) is 11.0 Å². The highest BCUT2D eigenvalue weighted by Gasteiger charge is 2.45. The van der Waals surface area contributed by atoms with Gasteiger partial charge < -0.3 is 4.42 Å². The highest BCUT2D eigenvalue weighted by molar-refractivity contribution is 7.86. The molecule has 3 rings (SSSR count). The van der Waals surface area contributed by atoms with E-state index in [4.69, 9.17) is 30.4 Å². The Balaban J connectivity index is 0.000000259. The molecule has 2 aromatic carbocycles. The molecule has 0 unspecified atom stereocenters. The minimum atomic E-state index is -5.84. The first kappa shape index (κ1) is 26.3. The summed E-state index contributed by atoms with van der Waals surface area (Å²) in [6, 6.07) is 14.6. The third-order valence-electron chi connectivity index (χ3n) is 3.07. The second-order valence-corrected chi connectivity index (χ2v) is 8.09. The summed E-state index contributed by atoms with van der Waals surface area (Å²) in [6.07, 6.45) is 0. The van der Waals surface area contributed by atoms with Gasteiger partial charge in [-0.2, -0.15) is 43.2 Å². The summed E-state index contributed by atoms with van der Waals surface area (Å²) in [5.74, 6) is 0. The Morgan fingerprint density at radius 1 is 0.645 bits per heavy atom. The molecule has 0 saturated carbocycles. The van der Waals surface area contributed by atoms with E-state index in [1.807, 2.05) is 36.4 Å². The van der Waals surface area contributed by atoms with Crippen molar-refractivity contribution in [3.8, 4) is 0 Å². The van der Waals surface area contributed by atoms with Crippen LogP contribution in [-0.2, 0) is 20.2 Å². The van der Waals surface area contributed by atoms with Gasteiger partial charge in [0, 0.05) is 0 Å². The van der Waals surface area contributed by atoms with Crippen LogP contribution in [-0.4, -0.2) is 37.0 Å². The maximum atomic E-state index is 12.0. The van der Waals surface area contributed by atoms with Gasteiger partial charge in [-0.1, -0.05) is 24.3 Å². The predicted octanol–water partition coefficient (Wildman–Crippen LogP) is 3.73. The Bertz CT molecular complexity index is 1230. The van der Waals surface area contributed by atoms with Gasteiger partial charge in [0.05, 0.1) is 10.8 Å². The molecule has 3 aromatic rings. The van der Waals surface area contributed by atoms with Crippen molar-refractivity contribution in [3.05, 3.63) is 58.8 Å². The summed E-state index contributed by atoms with van der Waals surface area (Å²) in [5.41, 5.74) is -9.75. The van der Waals surface area contributed by atoms with Gasteiger partial charge in [0.2, 0.25) is 5.43 Å². The number of rotatable bonds is 0. The highest BCUT2D eigenvalue weighted by Crippen LogP contribution is 2.21. The Labute approximate surface area is 169 Å². The minimum absolute atomic E-state index is 0.0347. The number of hydrogen-bond acceptors (Lipinski definition) is 6. The van der Waals surface area contributed by atoms with E-state index >= 15 is 0 Å². The molecule has 2 N–H and O–H groups in total. The molecule has 0 bridgehead atoms. The lowest BCUT2D eigenvalue weighted by molar-refractivity contribution is -0.0514. The van der Waals surface area contributed by atoms with Gasteiger partial charge in [-0.05, 0) is 24.3 Å². The van der Waals surface area contributed by atoms with Crippen LogP contribution in [0.25, 0.3) is 21.9 Å². The fourth-order valence-corrected chi connectivity index (χ4v) is 1.75. The van der Waals surface area contributed by atoms with Crippen molar-refractivity contribution in [3.63, 3.8) is 0 Å². The molecule has 1 heterocycles. The smallest absolute Gasteiger partial charge is 0.456 e. The van der Waals surface area contributed by atoms with Gasteiger partial charge in [0.1, 0.15) is 11.2 Å². The van der Waals surface area contributed by atoms with Crippen LogP contribution in [0, 0.1) is 0 Å². The van der Waals surface area contributed by atoms with E-state index in [-0.39, 0.29) is 5.43 Å². The monoisotopic (exact) mass is 496 g/mol. The van der Waals surface area contributed by atoms with E-state index < -0.39 is 31.3 Å². The van der Waals surface area contributed by atoms with Crippen LogP contribution in [0.15, 0.2) is 57.7 Å². The maximum absolute atomic E-state index is 12.0. The zero-order valence-corrected chi connectivity index (χ0v) is 16.2. The van der Waals surface area contributed by atoms with E-state index in [0.29, 0.717) is 21.9 Å². The lowest BCUT2D eigenvalue weighted by Crippen LogP contribution is -2.21. The summed E-state index contributed by atoms with van der Waals surface area (Å²) in [6.45, 7) is 0. The molecule has 0 atom stereocenters. The molecular formula is C15H10F6O8S2. The molecule has 0 aliphatic rings. The fourth-order valence-electron chi connectivity index (χ4n) is 1.75. The largest absolute Gasteiger partial charge is 0.522 e. The van der Waals surface area contributed by atoms with Gasteiger partial charge in [-0.3, -0.25) is 13.9 Å². The summed E-state index contributed by atoms with van der Waals surface area (Å²) >= 11 is 0. The molecule has 0 amide bonds. The maximum Gasteiger partial charge on any atom is 0.522 e. The zero-order valence-electron chi connectivity index (χ0n) is 14.5. The van der Waals surface area contributed by atoms with Gasteiger partial charge in [-0.25, -0.2) is 0 Å². The minimum Gasteiger partial charge on any atom is -0.456 e. The number of benzene rings is 2. The summed E-state index contributed by atoms with van der Waals surface area (Å²) < 4.78 is 121. The lowest BCUT2D eigenvalue weighted by Gasteiger charge is -1.99. The molecule has 0 aliphatic heterocycles. The third-order valence-corrected chi connectivity index (χ3v) is 4.24. The molecule has 0 aliphatic carbocycles. The Hall–Kier alpha value is -2.69. The van der Waals surface area contributed by atoms with Crippen molar-refractivity contribution in [1.29, 1.82) is 0 Å². The fraction of sp³-hybridized carbons (Fsp3) is 0.133. The predicted molar refractivity (Wildman–Crippen MR) is 95.2 cm³/mol. The number of hydrogen-bond donors (Lipinski definition) is 2.